The fraction of sp³-hybridized carbons (Fsp3) is 0.438. The summed E-state index contributed by atoms with van der Waals surface area (Å²) in [7, 11) is -5.93. The van der Waals surface area contributed by atoms with Crippen molar-refractivity contribution in [2.75, 3.05) is 93.5 Å². The van der Waals surface area contributed by atoms with E-state index in [0.717, 1.165) is 30.3 Å². The molecule has 0 atom stereocenters. The first-order valence-electron chi connectivity index (χ1n) is 15.1. The molecule has 0 aliphatic rings. The van der Waals surface area contributed by atoms with Crippen molar-refractivity contribution in [2.24, 2.45) is 0 Å². The lowest BCUT2D eigenvalue weighted by Crippen LogP contribution is -2.22. The number of allylic oxidation sites excluding steroid dienone is 2. The Kier molecular flexibility index (Phi) is 19.6. The van der Waals surface area contributed by atoms with Gasteiger partial charge in [0.15, 0.2) is 0 Å². The first-order chi connectivity index (χ1) is 23.9. The summed E-state index contributed by atoms with van der Waals surface area (Å²) in [6.07, 6.45) is 2.47. The van der Waals surface area contributed by atoms with Crippen molar-refractivity contribution in [1.82, 2.24) is 0 Å². The van der Waals surface area contributed by atoms with E-state index in [1.807, 2.05) is 0 Å². The van der Waals surface area contributed by atoms with Crippen molar-refractivity contribution in [3.8, 4) is 0 Å². The highest BCUT2D eigenvalue weighted by atomic mass is 32.2. The summed E-state index contributed by atoms with van der Waals surface area (Å²) < 4.78 is 107. The molecule has 2 N–H and O–H groups in total. The number of ether oxygens (including phenoxy) is 8. The van der Waals surface area contributed by atoms with Gasteiger partial charge in [-0.1, -0.05) is 30.3 Å². The Morgan fingerprint density at radius 2 is 0.840 bits per heavy atom. The summed E-state index contributed by atoms with van der Waals surface area (Å²) in [5.74, 6) is -2.08. The van der Waals surface area contributed by atoms with Crippen LogP contribution in [0.3, 0.4) is 0 Å². The predicted molar refractivity (Wildman–Crippen MR) is 177 cm³/mol. The number of esters is 2. The highest BCUT2D eigenvalue weighted by Gasteiger charge is 2.22. The van der Waals surface area contributed by atoms with Gasteiger partial charge in [-0.25, -0.2) is 9.59 Å². The molecule has 0 unspecified atom stereocenters. The molecule has 0 aromatic heterocycles. The van der Waals surface area contributed by atoms with E-state index in [4.69, 9.17) is 37.9 Å². The second-order valence-electron chi connectivity index (χ2n) is 9.87. The standard InChI is InChI=1S/C32H42O16S2/c1-41-13-15-43-17-19-45-21-23-47-31(33)30(32(34)48-24-22-46-20-18-44-16-14-42-2)12-11-29(25-3-7-27(8-4-25)49(35,36)37)26-5-9-28(10-6-26)50(38,39)40/h3-12H,13-24H2,1-2H3,(H,35,36,37)(H,38,39,40). The fourth-order valence-corrected chi connectivity index (χ4v) is 4.79. The van der Waals surface area contributed by atoms with Crippen LogP contribution in [0.25, 0.3) is 5.57 Å². The van der Waals surface area contributed by atoms with Gasteiger partial charge in [0.25, 0.3) is 20.2 Å². The van der Waals surface area contributed by atoms with Gasteiger partial charge in [0.05, 0.1) is 75.9 Å². The van der Waals surface area contributed by atoms with Crippen molar-refractivity contribution >= 4 is 37.7 Å². The monoisotopic (exact) mass is 746 g/mol. The number of methoxy groups -OCH3 is 2. The van der Waals surface area contributed by atoms with E-state index in [9.17, 15) is 35.5 Å². The van der Waals surface area contributed by atoms with Gasteiger partial charge in [0.2, 0.25) is 0 Å². The maximum Gasteiger partial charge on any atom is 0.345 e. The second kappa shape index (κ2) is 23.0. The first kappa shape index (κ1) is 42.6. The highest BCUT2D eigenvalue weighted by molar-refractivity contribution is 7.86. The van der Waals surface area contributed by atoms with Gasteiger partial charge in [-0.05, 0) is 47.0 Å². The molecule has 0 spiro atoms. The SMILES string of the molecule is COCCOCCOCCOC(=O)C(=CC=C(c1ccc(S(=O)(=O)O)cc1)c1ccc(S(=O)(=O)O)cc1)C(=O)OCCOCCOCCOC. The average Bonchev–Trinajstić information content (AvgIpc) is 3.08. The highest BCUT2D eigenvalue weighted by Crippen LogP contribution is 2.26. The maximum atomic E-state index is 13.1. The third kappa shape index (κ3) is 16.4. The van der Waals surface area contributed by atoms with Gasteiger partial charge in [-0.2, -0.15) is 16.8 Å². The Morgan fingerprint density at radius 1 is 0.520 bits per heavy atom. The second-order valence-corrected chi connectivity index (χ2v) is 12.7. The van der Waals surface area contributed by atoms with Crippen LogP contribution >= 0.6 is 0 Å². The smallest absolute Gasteiger partial charge is 0.345 e. The molecule has 16 nitrogen and oxygen atoms in total. The van der Waals surface area contributed by atoms with Crippen LogP contribution < -0.4 is 0 Å². The largest absolute Gasteiger partial charge is 0.459 e. The van der Waals surface area contributed by atoms with E-state index in [2.05, 4.69) is 0 Å². The Labute approximate surface area is 291 Å². The number of carbonyl (C=O) groups excluding carboxylic acids is 2. The van der Waals surface area contributed by atoms with E-state index < -0.39 is 47.5 Å². The summed E-state index contributed by atoms with van der Waals surface area (Å²) in [6, 6.07) is 9.91. The molecule has 2 aromatic carbocycles. The van der Waals surface area contributed by atoms with E-state index in [0.29, 0.717) is 50.8 Å². The molecule has 0 aliphatic heterocycles. The lowest BCUT2D eigenvalue weighted by Gasteiger charge is -2.11. The van der Waals surface area contributed by atoms with Crippen LogP contribution in [0.5, 0.6) is 0 Å². The Balaban J connectivity index is 2.31. The lowest BCUT2D eigenvalue weighted by atomic mass is 9.97. The number of carbonyl (C=O) groups is 2. The van der Waals surface area contributed by atoms with Gasteiger partial charge in [0.1, 0.15) is 18.8 Å². The molecular weight excluding hydrogens is 704 g/mol. The Morgan fingerprint density at radius 3 is 1.16 bits per heavy atom. The van der Waals surface area contributed by atoms with Crippen molar-refractivity contribution < 1.29 is 73.4 Å². The van der Waals surface area contributed by atoms with E-state index in [1.54, 1.807) is 14.2 Å². The van der Waals surface area contributed by atoms with Gasteiger partial charge < -0.3 is 37.9 Å². The first-order valence-corrected chi connectivity index (χ1v) is 18.0. The van der Waals surface area contributed by atoms with Crippen LogP contribution in [0.1, 0.15) is 11.1 Å². The average molecular weight is 747 g/mol. The zero-order valence-corrected chi connectivity index (χ0v) is 29.3. The molecule has 0 heterocycles. The van der Waals surface area contributed by atoms with Gasteiger partial charge in [0, 0.05) is 14.2 Å². The van der Waals surface area contributed by atoms with E-state index >= 15 is 0 Å². The zero-order chi connectivity index (χ0) is 36.8. The number of hydrogen-bond acceptors (Lipinski definition) is 14. The van der Waals surface area contributed by atoms with Crippen LogP contribution in [0.15, 0.2) is 76.0 Å². The van der Waals surface area contributed by atoms with Crippen LogP contribution in [-0.4, -0.2) is 131 Å². The lowest BCUT2D eigenvalue weighted by molar-refractivity contribution is -0.149. The van der Waals surface area contributed by atoms with E-state index in [-0.39, 0.29) is 45.2 Å². The normalized spacial score (nSPS) is 11.5. The molecule has 0 fully saturated rings. The third-order valence-corrected chi connectivity index (χ3v) is 8.05. The maximum absolute atomic E-state index is 13.1. The summed E-state index contributed by atoms with van der Waals surface area (Å²) in [4.78, 5) is 25.4. The fourth-order valence-electron chi connectivity index (χ4n) is 3.83. The number of rotatable bonds is 25. The summed E-state index contributed by atoms with van der Waals surface area (Å²) in [5.41, 5.74) is 0.450. The van der Waals surface area contributed by atoms with Crippen molar-refractivity contribution in [2.45, 2.75) is 9.79 Å². The topological polar surface area (TPSA) is 217 Å². The van der Waals surface area contributed by atoms with E-state index in [1.165, 1.54) is 30.3 Å². The summed E-state index contributed by atoms with van der Waals surface area (Å²) in [6.45, 7) is 2.26. The number of benzene rings is 2. The zero-order valence-electron chi connectivity index (χ0n) is 27.7. The molecular formula is C32H42O16S2. The molecule has 18 heteroatoms. The molecule has 2 aromatic rings. The molecule has 50 heavy (non-hydrogen) atoms. The Hall–Kier alpha value is -3.56. The molecule has 0 bridgehead atoms. The van der Waals surface area contributed by atoms with Gasteiger partial charge >= 0.3 is 11.9 Å². The molecule has 0 saturated heterocycles. The minimum Gasteiger partial charge on any atom is -0.459 e. The quantitative estimate of drug-likeness (QED) is 0.0282. The Bertz CT molecular complexity index is 1490. The molecule has 0 saturated carbocycles. The van der Waals surface area contributed by atoms with Crippen molar-refractivity contribution in [3.05, 3.63) is 77.4 Å². The molecule has 0 amide bonds. The molecule has 0 radical (unpaired) electrons. The molecule has 2 rings (SSSR count). The number of hydrogen-bond donors (Lipinski definition) is 2. The summed E-state index contributed by atoms with van der Waals surface area (Å²) in [5, 5.41) is 0. The van der Waals surface area contributed by atoms with Crippen LogP contribution in [0.2, 0.25) is 0 Å². The molecule has 0 aliphatic carbocycles. The van der Waals surface area contributed by atoms with Gasteiger partial charge in [-0.15, -0.1) is 0 Å². The third-order valence-electron chi connectivity index (χ3n) is 6.31. The van der Waals surface area contributed by atoms with Gasteiger partial charge in [-0.3, -0.25) is 9.11 Å². The van der Waals surface area contributed by atoms with Crippen LogP contribution in [0, 0.1) is 0 Å². The van der Waals surface area contributed by atoms with Crippen LogP contribution in [-0.2, 0) is 67.7 Å². The molecule has 278 valence electrons. The minimum absolute atomic E-state index is 0.00329. The minimum atomic E-state index is -4.51. The predicted octanol–water partition coefficient (Wildman–Crippen LogP) is 1.98. The summed E-state index contributed by atoms with van der Waals surface area (Å²) >= 11 is 0. The van der Waals surface area contributed by atoms with Crippen molar-refractivity contribution in [1.29, 1.82) is 0 Å². The van der Waals surface area contributed by atoms with Crippen LogP contribution in [0.4, 0.5) is 0 Å². The van der Waals surface area contributed by atoms with Crippen molar-refractivity contribution in [3.63, 3.8) is 0 Å².